The molecule has 0 spiro atoms. The Kier molecular flexibility index (Phi) is 13.2. The van der Waals surface area contributed by atoms with Crippen LogP contribution in [0, 0.1) is 17.8 Å². The molecule has 0 bridgehead atoms. The minimum Gasteiger partial charge on any atom is -0.684 e. The van der Waals surface area contributed by atoms with E-state index in [9.17, 15) is 0 Å². The van der Waals surface area contributed by atoms with Crippen LogP contribution in [0.5, 0.6) is 0 Å². The van der Waals surface area contributed by atoms with Gasteiger partial charge in [0, 0.05) is 0 Å². The van der Waals surface area contributed by atoms with Crippen molar-refractivity contribution < 1.29 is 26.2 Å². The van der Waals surface area contributed by atoms with E-state index < -0.39 is 0 Å². The topological polar surface area (TPSA) is 42.3 Å². The number of hydrogen-bond acceptors (Lipinski definition) is 0. The van der Waals surface area contributed by atoms with Gasteiger partial charge in [-0.1, -0.05) is 86.3 Å². The fraction of sp³-hybridized carbons (Fsp3) is 0.458. The molecule has 4 heteroatoms. The molecule has 1 fully saturated rings. The summed E-state index contributed by atoms with van der Waals surface area (Å²) < 4.78 is 0. The zero-order valence-electron chi connectivity index (χ0n) is 17.5. The second-order valence-corrected chi connectivity index (χ2v) is 7.17. The van der Waals surface area contributed by atoms with Crippen molar-refractivity contribution in [2.45, 2.75) is 32.6 Å². The third-order valence-corrected chi connectivity index (χ3v) is 5.21. The Morgan fingerprint density at radius 2 is 1.11 bits per heavy atom. The fourth-order valence-corrected chi connectivity index (χ4v) is 3.70. The Hall–Kier alpha value is -1.12. The van der Waals surface area contributed by atoms with E-state index in [1.807, 2.05) is 12.1 Å². The van der Waals surface area contributed by atoms with Gasteiger partial charge in [0.1, 0.15) is 0 Å². The summed E-state index contributed by atoms with van der Waals surface area (Å²) in [4.78, 5) is 0. The summed E-state index contributed by atoms with van der Waals surface area (Å²) in [5.41, 5.74) is 2.21. The molecule has 0 heterocycles. The molecule has 148 valence electrons. The van der Waals surface area contributed by atoms with Crippen molar-refractivity contribution in [2.24, 2.45) is 11.8 Å². The zero-order chi connectivity index (χ0) is 19.3. The van der Waals surface area contributed by atoms with Crippen molar-refractivity contribution in [3.63, 3.8) is 0 Å². The van der Waals surface area contributed by atoms with E-state index >= 15 is 0 Å². The third kappa shape index (κ3) is 8.92. The van der Waals surface area contributed by atoms with Crippen LogP contribution < -0.4 is 0 Å². The summed E-state index contributed by atoms with van der Waals surface area (Å²) in [5.74, 6) is 3.18. The van der Waals surface area contributed by atoms with E-state index in [1.165, 1.54) is 25.7 Å². The minimum atomic E-state index is 0. The van der Waals surface area contributed by atoms with Gasteiger partial charge in [0.25, 0.3) is 0 Å². The summed E-state index contributed by atoms with van der Waals surface area (Å²) in [7, 11) is 3.50. The van der Waals surface area contributed by atoms with Crippen LogP contribution in [0.4, 0.5) is 11.4 Å². The number of benzene rings is 2. The molecule has 0 amide bonds. The van der Waals surface area contributed by atoms with Crippen molar-refractivity contribution in [3.05, 3.63) is 82.5 Å². The van der Waals surface area contributed by atoms with Crippen molar-refractivity contribution in [3.8, 4) is 0 Å². The molecule has 28 heavy (non-hydrogen) atoms. The number of para-hydroxylation sites is 2. The van der Waals surface area contributed by atoms with E-state index in [-0.39, 0.29) is 26.2 Å². The third-order valence-electron chi connectivity index (χ3n) is 5.21. The van der Waals surface area contributed by atoms with E-state index in [1.54, 1.807) is 20.0 Å². The van der Waals surface area contributed by atoms with Gasteiger partial charge < -0.3 is 21.9 Å². The summed E-state index contributed by atoms with van der Waals surface area (Å²) in [6.45, 7) is 4.23. The Morgan fingerprint density at radius 3 is 1.46 bits per heavy atom. The molecule has 1 aliphatic rings. The van der Waals surface area contributed by atoms with Gasteiger partial charge in [-0.25, -0.2) is 0 Å². The monoisotopic (exact) mass is 453 g/mol. The molecule has 2 aromatic rings. The van der Waals surface area contributed by atoms with E-state index in [0.717, 1.165) is 36.3 Å². The first-order valence-electron chi connectivity index (χ1n) is 10.0. The van der Waals surface area contributed by atoms with Gasteiger partial charge in [-0.05, 0) is 0 Å². The second-order valence-electron chi connectivity index (χ2n) is 7.17. The number of nitrogens with zero attached hydrogens (tertiary/aromatic N) is 3. The van der Waals surface area contributed by atoms with Gasteiger partial charge in [0.15, 0.2) is 0 Å². The van der Waals surface area contributed by atoms with Crippen LogP contribution in [-0.2, 0) is 26.2 Å². The molecule has 1 saturated carbocycles. The Bertz CT molecular complexity index is 552. The maximum absolute atomic E-state index is 4.70. The van der Waals surface area contributed by atoms with Crippen LogP contribution in [0.2, 0.25) is 0 Å². The quantitative estimate of drug-likeness (QED) is 0.373. The van der Waals surface area contributed by atoms with Gasteiger partial charge in [-0.3, -0.25) is 0 Å². The van der Waals surface area contributed by atoms with Gasteiger partial charge in [0.05, 0.1) is 0 Å². The maximum atomic E-state index is 4.70. The molecule has 2 atom stereocenters. The summed E-state index contributed by atoms with van der Waals surface area (Å²) in [6.07, 6.45) is 5.03. The predicted molar refractivity (Wildman–Crippen MR) is 118 cm³/mol. The SMILES string of the molecule is C[C-]1C(CC[N-]c2ccccc2)CCC1CC[N-]c1ccccc1.C[N-]C.[Zr+4]. The molecule has 0 N–H and O–H groups in total. The standard InChI is InChI=1S/C22H27N2.C2H6N.Zr/c1-18-19(14-16-23-21-8-4-2-5-9-21)12-13-20(18)15-17-24-22-10-6-3-7-11-22;1-3-2;/h2-11,19-20H,12-17H2,1H3;1-2H3;/q-3;-1;+4. The van der Waals surface area contributed by atoms with Gasteiger partial charge in [-0.15, -0.1) is 24.5 Å². The van der Waals surface area contributed by atoms with Crippen LogP contribution >= 0.6 is 0 Å². The number of rotatable bonds is 8. The Balaban J connectivity index is 0.000000921. The molecule has 0 aromatic heterocycles. The smallest absolute Gasteiger partial charge is 0.684 e. The molecular weight excluding hydrogens is 422 g/mol. The summed E-state index contributed by atoms with van der Waals surface area (Å²) in [6, 6.07) is 20.6. The molecule has 2 aromatic carbocycles. The van der Waals surface area contributed by atoms with Crippen LogP contribution in [-0.4, -0.2) is 27.2 Å². The fourth-order valence-electron chi connectivity index (χ4n) is 3.70. The summed E-state index contributed by atoms with van der Waals surface area (Å²) >= 11 is 0. The zero-order valence-corrected chi connectivity index (χ0v) is 20.0. The van der Waals surface area contributed by atoms with Crippen molar-refractivity contribution in [2.75, 3.05) is 27.2 Å². The van der Waals surface area contributed by atoms with Gasteiger partial charge in [-0.2, -0.15) is 32.9 Å². The molecule has 1 aliphatic carbocycles. The largest absolute Gasteiger partial charge is 4.00 e. The van der Waals surface area contributed by atoms with Crippen molar-refractivity contribution in [1.29, 1.82) is 0 Å². The van der Waals surface area contributed by atoms with Gasteiger partial charge in [0.2, 0.25) is 0 Å². The van der Waals surface area contributed by atoms with Crippen LogP contribution in [0.3, 0.4) is 0 Å². The van der Waals surface area contributed by atoms with Crippen LogP contribution in [0.1, 0.15) is 32.6 Å². The molecular formula is C24H33N3Zr. The Morgan fingerprint density at radius 1 is 0.750 bits per heavy atom. The second kappa shape index (κ2) is 14.8. The first-order chi connectivity index (χ1) is 13.2. The van der Waals surface area contributed by atoms with Crippen LogP contribution in [0.25, 0.3) is 16.0 Å². The molecule has 0 radical (unpaired) electrons. The van der Waals surface area contributed by atoms with Gasteiger partial charge >= 0.3 is 26.2 Å². The average molecular weight is 455 g/mol. The maximum Gasteiger partial charge on any atom is 4.00 e. The van der Waals surface area contributed by atoms with E-state index in [4.69, 9.17) is 10.6 Å². The molecule has 2 unspecified atom stereocenters. The van der Waals surface area contributed by atoms with Crippen LogP contribution in [0.15, 0.2) is 60.7 Å². The molecule has 0 aliphatic heterocycles. The van der Waals surface area contributed by atoms with Crippen molar-refractivity contribution >= 4 is 11.4 Å². The first kappa shape index (κ1) is 24.9. The van der Waals surface area contributed by atoms with Crippen molar-refractivity contribution in [1.82, 2.24) is 0 Å². The Labute approximate surface area is 191 Å². The number of hydrogen-bond donors (Lipinski definition) is 0. The summed E-state index contributed by atoms with van der Waals surface area (Å²) in [5, 5.41) is 12.9. The minimum absolute atomic E-state index is 0. The van der Waals surface area contributed by atoms with E-state index in [2.05, 4.69) is 60.8 Å². The first-order valence-corrected chi connectivity index (χ1v) is 10.0. The molecule has 3 rings (SSSR count). The normalized spacial score (nSPS) is 18.5. The molecule has 3 nitrogen and oxygen atoms in total. The predicted octanol–water partition coefficient (Wildman–Crippen LogP) is 7.42. The van der Waals surface area contributed by atoms with E-state index in [0.29, 0.717) is 0 Å². The average Bonchev–Trinajstić information content (AvgIpc) is 3.04. The molecule has 0 saturated heterocycles.